The van der Waals surface area contributed by atoms with Crippen LogP contribution >= 0.6 is 0 Å². The number of aliphatic hydroxyl groups is 1. The van der Waals surface area contributed by atoms with Crippen LogP contribution in [0.1, 0.15) is 56.6 Å². The quantitative estimate of drug-likeness (QED) is 0.330. The Morgan fingerprint density at radius 2 is 1.73 bits per heavy atom. The molecule has 1 aliphatic rings. The Labute approximate surface area is 218 Å². The van der Waals surface area contributed by atoms with E-state index in [-0.39, 0.29) is 12.1 Å². The van der Waals surface area contributed by atoms with Gasteiger partial charge in [-0.1, -0.05) is 60.7 Å². The summed E-state index contributed by atoms with van der Waals surface area (Å²) in [5.74, 6) is 0.989. The molecule has 0 saturated carbocycles. The molecule has 37 heavy (non-hydrogen) atoms. The number of benzene rings is 3. The molecule has 0 aliphatic carbocycles. The lowest BCUT2D eigenvalue weighted by atomic mass is 9.80. The van der Waals surface area contributed by atoms with E-state index >= 15 is 0 Å². The highest BCUT2D eigenvalue weighted by molar-refractivity contribution is 5.82. The molecular formula is C31H35N3O3. The van der Waals surface area contributed by atoms with Gasteiger partial charge >= 0.3 is 6.09 Å². The topological polar surface area (TPSA) is 67.6 Å². The molecule has 5 rings (SSSR count). The fourth-order valence-electron chi connectivity index (χ4n) is 5.53. The number of amides is 1. The maximum Gasteiger partial charge on any atom is 0.411 e. The average molecular weight is 498 g/mol. The van der Waals surface area contributed by atoms with Crippen LogP contribution in [-0.4, -0.2) is 37.8 Å². The summed E-state index contributed by atoms with van der Waals surface area (Å²) in [6.45, 7) is 8.10. The number of ether oxygens (including phenoxy) is 1. The number of rotatable bonds is 6. The number of carbonyl (C=O) groups is 1. The number of nitrogens with zero attached hydrogens (tertiary/aromatic N) is 3. The first-order chi connectivity index (χ1) is 17.6. The molecule has 1 amide bonds. The van der Waals surface area contributed by atoms with E-state index in [0.717, 1.165) is 39.1 Å². The van der Waals surface area contributed by atoms with Crippen LogP contribution in [0.5, 0.6) is 0 Å². The van der Waals surface area contributed by atoms with Crippen molar-refractivity contribution in [3.8, 4) is 11.1 Å². The highest BCUT2D eigenvalue weighted by atomic mass is 16.6. The van der Waals surface area contributed by atoms with Gasteiger partial charge in [0.25, 0.3) is 0 Å². The predicted octanol–water partition coefficient (Wildman–Crippen LogP) is 6.51. The van der Waals surface area contributed by atoms with Crippen molar-refractivity contribution in [1.29, 1.82) is 0 Å². The summed E-state index contributed by atoms with van der Waals surface area (Å²) in [6.07, 6.45) is 0.595. The maximum absolute atomic E-state index is 13.3. The molecule has 1 saturated heterocycles. The Morgan fingerprint density at radius 1 is 1.05 bits per heavy atom. The molecule has 1 aliphatic heterocycles. The molecule has 1 fully saturated rings. The summed E-state index contributed by atoms with van der Waals surface area (Å²) in [6, 6.07) is 24.3. The fraction of sp³-hybridized carbons (Fsp3) is 0.355. The standard InChI is InChI=1S/C31H35N3O3/c1-21(23-11-13-24(14-12-23)25-15-16-28-27(19-25)32-22(2)33(28)5)34-18-17-31(37-29(34)35,20-30(3,4)36)26-9-7-6-8-10-26/h6-16,19,21,36H,17-18,20H2,1-5H3. The molecule has 0 spiro atoms. The SMILES string of the molecule is Cc1nc2cc(-c3ccc(C(C)N4CCC(CC(C)(C)O)(c5ccccc5)OC4=O)cc3)ccc2n1C. The molecule has 192 valence electrons. The van der Waals surface area contributed by atoms with Gasteiger partial charge in [0.1, 0.15) is 11.4 Å². The van der Waals surface area contributed by atoms with Crippen molar-refractivity contribution in [2.75, 3.05) is 6.54 Å². The summed E-state index contributed by atoms with van der Waals surface area (Å²) in [5.41, 5.74) is 4.46. The van der Waals surface area contributed by atoms with E-state index in [1.807, 2.05) is 51.2 Å². The van der Waals surface area contributed by atoms with Gasteiger partial charge in [-0.25, -0.2) is 9.78 Å². The Hall–Kier alpha value is -3.64. The van der Waals surface area contributed by atoms with Crippen LogP contribution in [0.3, 0.4) is 0 Å². The normalized spacial score (nSPS) is 19.2. The maximum atomic E-state index is 13.3. The Morgan fingerprint density at radius 3 is 2.38 bits per heavy atom. The average Bonchev–Trinajstić information content (AvgIpc) is 3.16. The van der Waals surface area contributed by atoms with Gasteiger partial charge in [-0.15, -0.1) is 0 Å². The lowest BCUT2D eigenvalue weighted by Crippen LogP contribution is -2.51. The van der Waals surface area contributed by atoms with Gasteiger partial charge in [0.2, 0.25) is 0 Å². The lowest BCUT2D eigenvalue weighted by molar-refractivity contribution is -0.101. The van der Waals surface area contributed by atoms with E-state index in [4.69, 9.17) is 4.74 Å². The third kappa shape index (κ3) is 4.86. The van der Waals surface area contributed by atoms with Gasteiger partial charge in [0.15, 0.2) is 0 Å². The Balaban J connectivity index is 1.35. The summed E-state index contributed by atoms with van der Waals surface area (Å²) in [4.78, 5) is 19.8. The molecular weight excluding hydrogens is 462 g/mol. The van der Waals surface area contributed by atoms with Crippen molar-refractivity contribution in [2.24, 2.45) is 7.05 Å². The van der Waals surface area contributed by atoms with Gasteiger partial charge in [-0.05, 0) is 62.1 Å². The monoisotopic (exact) mass is 497 g/mol. The van der Waals surface area contributed by atoms with E-state index in [2.05, 4.69) is 52.0 Å². The number of cyclic esters (lactones) is 1. The summed E-state index contributed by atoms with van der Waals surface area (Å²) >= 11 is 0. The minimum absolute atomic E-state index is 0.140. The Bertz CT molecular complexity index is 1420. The smallest absolute Gasteiger partial charge is 0.411 e. The van der Waals surface area contributed by atoms with Gasteiger partial charge in [0, 0.05) is 26.4 Å². The summed E-state index contributed by atoms with van der Waals surface area (Å²) in [7, 11) is 2.03. The van der Waals surface area contributed by atoms with E-state index in [1.54, 1.807) is 18.7 Å². The van der Waals surface area contributed by atoms with Crippen molar-refractivity contribution in [3.63, 3.8) is 0 Å². The number of aromatic nitrogens is 2. The van der Waals surface area contributed by atoms with Gasteiger partial charge < -0.3 is 19.3 Å². The second-order valence-electron chi connectivity index (χ2n) is 10.9. The van der Waals surface area contributed by atoms with Crippen LogP contribution in [0, 0.1) is 6.92 Å². The van der Waals surface area contributed by atoms with Gasteiger partial charge in [0.05, 0.1) is 22.7 Å². The van der Waals surface area contributed by atoms with E-state index < -0.39 is 11.2 Å². The van der Waals surface area contributed by atoms with E-state index in [1.165, 1.54) is 0 Å². The van der Waals surface area contributed by atoms with Crippen LogP contribution in [-0.2, 0) is 17.4 Å². The van der Waals surface area contributed by atoms with Crippen molar-refractivity contribution in [1.82, 2.24) is 14.5 Å². The summed E-state index contributed by atoms with van der Waals surface area (Å²) < 4.78 is 8.25. The minimum atomic E-state index is -0.975. The van der Waals surface area contributed by atoms with E-state index in [9.17, 15) is 9.90 Å². The highest BCUT2D eigenvalue weighted by Gasteiger charge is 2.46. The van der Waals surface area contributed by atoms with Crippen molar-refractivity contribution in [3.05, 3.63) is 89.7 Å². The fourth-order valence-corrected chi connectivity index (χ4v) is 5.53. The van der Waals surface area contributed by atoms with Gasteiger partial charge in [-0.3, -0.25) is 0 Å². The molecule has 2 atom stereocenters. The van der Waals surface area contributed by atoms with Crippen LogP contribution in [0.2, 0.25) is 0 Å². The third-order valence-electron chi connectivity index (χ3n) is 7.59. The second-order valence-corrected chi connectivity index (χ2v) is 10.9. The predicted molar refractivity (Wildman–Crippen MR) is 146 cm³/mol. The van der Waals surface area contributed by atoms with Crippen molar-refractivity contribution in [2.45, 2.75) is 57.8 Å². The number of carbonyl (C=O) groups excluding carboxylic acids is 1. The molecule has 2 heterocycles. The minimum Gasteiger partial charge on any atom is -0.438 e. The highest BCUT2D eigenvalue weighted by Crippen LogP contribution is 2.42. The van der Waals surface area contributed by atoms with Crippen LogP contribution in [0.25, 0.3) is 22.2 Å². The first-order valence-corrected chi connectivity index (χ1v) is 12.9. The number of imidazole rings is 1. The molecule has 3 aromatic carbocycles. The summed E-state index contributed by atoms with van der Waals surface area (Å²) in [5, 5.41) is 10.6. The molecule has 1 aromatic heterocycles. The van der Waals surface area contributed by atoms with Gasteiger partial charge in [-0.2, -0.15) is 0 Å². The van der Waals surface area contributed by atoms with Crippen LogP contribution in [0.4, 0.5) is 4.79 Å². The first-order valence-electron chi connectivity index (χ1n) is 12.9. The number of aryl methyl sites for hydroxylation is 2. The Kier molecular flexibility index (Phi) is 6.32. The zero-order chi connectivity index (χ0) is 26.4. The number of hydrogen-bond donors (Lipinski definition) is 1. The molecule has 6 heteroatoms. The lowest BCUT2D eigenvalue weighted by Gasteiger charge is -2.45. The first kappa shape index (κ1) is 25.0. The molecule has 4 aromatic rings. The van der Waals surface area contributed by atoms with Crippen molar-refractivity contribution >= 4 is 17.1 Å². The molecule has 6 nitrogen and oxygen atoms in total. The zero-order valence-corrected chi connectivity index (χ0v) is 22.2. The zero-order valence-electron chi connectivity index (χ0n) is 22.2. The van der Waals surface area contributed by atoms with Crippen LogP contribution in [0.15, 0.2) is 72.8 Å². The molecule has 0 radical (unpaired) electrons. The molecule has 1 N–H and O–H groups in total. The van der Waals surface area contributed by atoms with Crippen molar-refractivity contribution < 1.29 is 14.6 Å². The largest absolute Gasteiger partial charge is 0.438 e. The molecule has 0 bridgehead atoms. The third-order valence-corrected chi connectivity index (χ3v) is 7.59. The van der Waals surface area contributed by atoms with Crippen LogP contribution < -0.4 is 0 Å². The second kappa shape index (κ2) is 9.34. The number of hydrogen-bond acceptors (Lipinski definition) is 4. The number of fused-ring (bicyclic) bond motifs is 1. The van der Waals surface area contributed by atoms with E-state index in [0.29, 0.717) is 19.4 Å². The molecule has 2 unspecified atom stereocenters.